The van der Waals surface area contributed by atoms with Crippen LogP contribution in [0.4, 0.5) is 0 Å². The fourth-order valence-electron chi connectivity index (χ4n) is 5.99. The summed E-state index contributed by atoms with van der Waals surface area (Å²) in [6.45, 7) is 0. The molecule has 0 heteroatoms. The molecule has 0 heterocycles. The fourth-order valence-corrected chi connectivity index (χ4v) is 5.99. The lowest BCUT2D eigenvalue weighted by atomic mass is 9.62. The highest BCUT2D eigenvalue weighted by Crippen LogP contribution is 2.55. The average molecular weight is 534 g/mol. The molecule has 3 aliphatic rings. The second-order valence-corrected chi connectivity index (χ2v) is 9.93. The number of rotatable bonds is 3. The molecule has 0 aromatic heterocycles. The number of fused-ring (bicyclic) bond motifs is 4. The minimum Gasteiger partial charge on any atom is -0.0616 e. The van der Waals surface area contributed by atoms with Crippen molar-refractivity contribution in [2.75, 3.05) is 0 Å². The molecule has 0 saturated heterocycles. The van der Waals surface area contributed by atoms with Crippen molar-refractivity contribution in [3.8, 4) is 11.1 Å². The summed E-state index contributed by atoms with van der Waals surface area (Å²) in [5.74, 6) is -7.64. The lowest BCUT2D eigenvalue weighted by Crippen LogP contribution is -2.27. The summed E-state index contributed by atoms with van der Waals surface area (Å²) in [4.78, 5) is 0. The van der Waals surface area contributed by atoms with Crippen LogP contribution in [-0.2, 0) is 0 Å². The Balaban J connectivity index is 1.70. The Kier molecular flexibility index (Phi) is 3.06. The van der Waals surface area contributed by atoms with Crippen LogP contribution in [0.5, 0.6) is 0 Å². The number of hydrogen-bond donors (Lipinski definition) is 0. The van der Waals surface area contributed by atoms with Crippen molar-refractivity contribution in [2.24, 2.45) is 11.8 Å². The van der Waals surface area contributed by atoms with Gasteiger partial charge in [0.2, 0.25) is 0 Å². The van der Waals surface area contributed by atoms with E-state index in [0.717, 1.165) is 10.8 Å². The van der Waals surface area contributed by atoms with Crippen molar-refractivity contribution < 1.29 is 23.3 Å². The van der Waals surface area contributed by atoms with Gasteiger partial charge in [0, 0.05) is 23.3 Å². The molecule has 3 unspecified atom stereocenters. The zero-order chi connectivity index (χ0) is 41.7. The van der Waals surface area contributed by atoms with Crippen molar-refractivity contribution in [3.63, 3.8) is 0 Å². The molecule has 196 valence electrons. The molecule has 0 aliphatic heterocycles. The summed E-state index contributed by atoms with van der Waals surface area (Å²) in [5, 5.41) is 2.33. The van der Waals surface area contributed by atoms with Gasteiger partial charge in [-0.25, -0.2) is 0 Å². The van der Waals surface area contributed by atoms with Gasteiger partial charge in [-0.05, 0) is 117 Å². The lowest BCUT2D eigenvalue weighted by molar-refractivity contribution is 0.348. The molecule has 40 heavy (non-hydrogen) atoms. The molecule has 5 aromatic rings. The quantitative estimate of drug-likeness (QED) is 0.216. The summed E-state index contributed by atoms with van der Waals surface area (Å²) in [7, 11) is 0. The molecule has 1 fully saturated rings. The number of allylic oxidation sites excluding steroid dienone is 4. The van der Waals surface area contributed by atoms with E-state index in [2.05, 4.69) is 0 Å². The molecule has 0 N–H and O–H groups in total. The topological polar surface area (TPSA) is 0 Å². The van der Waals surface area contributed by atoms with Crippen molar-refractivity contribution in [1.29, 1.82) is 0 Å². The third kappa shape index (κ3) is 3.88. The maximum Gasteiger partial charge on any atom is 0.0353 e. The normalized spacial score (nSPS) is 41.6. The highest BCUT2D eigenvalue weighted by Gasteiger charge is 2.38. The average Bonchev–Trinajstić information content (AvgIpc) is 3.16. The SMILES string of the molecule is [2H]C1C(c2ccccc2-c2cccc3ccccc23)=C2C(c3cccc4ccccc34)=C3C([2H])([2H])C([2H])([2H])C([2H])([2H])C([2H])([2H])C3([2H])C([2H])([2H])C2([2H])C([2H])([2H])C1([2H])[2H]. The summed E-state index contributed by atoms with van der Waals surface area (Å²) < 4.78 is 160. The van der Waals surface area contributed by atoms with E-state index in [1.165, 1.54) is 18.2 Å². The van der Waals surface area contributed by atoms with Crippen LogP contribution in [0.1, 0.15) is 85.4 Å². The van der Waals surface area contributed by atoms with Gasteiger partial charge in [0.25, 0.3) is 0 Å². The third-order valence-corrected chi connectivity index (χ3v) is 7.73. The Morgan fingerprint density at radius 1 is 0.550 bits per heavy atom. The van der Waals surface area contributed by atoms with E-state index in [1.54, 1.807) is 60.7 Å². The van der Waals surface area contributed by atoms with Gasteiger partial charge >= 0.3 is 0 Å². The highest BCUT2D eigenvalue weighted by molar-refractivity contribution is 6.05. The summed E-state index contributed by atoms with van der Waals surface area (Å²) in [6, 6.07) is 30.4. The van der Waals surface area contributed by atoms with E-state index >= 15 is 0 Å². The predicted molar refractivity (Wildman–Crippen MR) is 171 cm³/mol. The zero-order valence-electron chi connectivity index (χ0n) is 38.5. The Bertz CT molecular complexity index is 2580. The van der Waals surface area contributed by atoms with E-state index < -0.39 is 85.1 Å². The minimum absolute atomic E-state index is 0.0594. The van der Waals surface area contributed by atoms with Crippen LogP contribution in [0.25, 0.3) is 43.8 Å². The Hall–Kier alpha value is -3.90. The summed E-state index contributed by atoms with van der Waals surface area (Å²) in [6.07, 6.45) is -29.1. The Labute approximate surface area is 262 Å². The maximum atomic E-state index is 10.3. The molecule has 3 aliphatic carbocycles. The molecule has 0 bridgehead atoms. The predicted octanol–water partition coefficient (Wildman–Crippen LogP) is 11.3. The van der Waals surface area contributed by atoms with E-state index in [4.69, 9.17) is 5.48 Å². The van der Waals surface area contributed by atoms with Crippen LogP contribution in [0, 0.1) is 11.8 Å². The standard InChI is InChI=1S/C40H36/c1-4-18-31-27(12-1)15-9-23-34(31)35-21-7-8-22-36(35)38-25-11-17-30-26-29-14-3-6-20-33(29)40(39(30)38)37-24-10-16-28-13-2-5-19-32(28)37/h1-2,4-5,7-10,12-13,15-16,18-19,21-24,29-30H,3,6,11,14,17,20,25-26H2/i3D2,6D2,11D2,14D2,17D2,20D2,25D,26D2,29D,30D. The smallest absolute Gasteiger partial charge is 0.0353 e. The Morgan fingerprint density at radius 3 is 1.95 bits per heavy atom. The second-order valence-electron chi connectivity index (χ2n) is 9.93. The van der Waals surface area contributed by atoms with Gasteiger partial charge in [0.15, 0.2) is 0 Å². The molecule has 8 rings (SSSR count). The summed E-state index contributed by atoms with van der Waals surface area (Å²) in [5.41, 5.74) is -2.09. The van der Waals surface area contributed by atoms with Crippen LogP contribution in [0.2, 0.25) is 0 Å². The van der Waals surface area contributed by atoms with Gasteiger partial charge in [0.05, 0.1) is 0 Å². The molecular weight excluding hydrogens is 480 g/mol. The van der Waals surface area contributed by atoms with Crippen molar-refractivity contribution >= 4 is 32.7 Å². The molecular formula is C40H36. The lowest BCUT2D eigenvalue weighted by Gasteiger charge is -2.42. The van der Waals surface area contributed by atoms with Crippen molar-refractivity contribution in [3.05, 3.63) is 131 Å². The molecule has 0 amide bonds. The second kappa shape index (κ2) is 9.93. The largest absolute Gasteiger partial charge is 0.0616 e. The van der Waals surface area contributed by atoms with Gasteiger partial charge < -0.3 is 0 Å². The van der Waals surface area contributed by atoms with Gasteiger partial charge in [0.1, 0.15) is 0 Å². The first kappa shape index (κ1) is 12.3. The molecule has 0 radical (unpaired) electrons. The first-order valence-corrected chi connectivity index (χ1v) is 13.3. The summed E-state index contributed by atoms with van der Waals surface area (Å²) >= 11 is 0. The van der Waals surface area contributed by atoms with Gasteiger partial charge in [-0.2, -0.15) is 0 Å². The molecule has 5 aromatic carbocycles. The van der Waals surface area contributed by atoms with Gasteiger partial charge in [-0.15, -0.1) is 0 Å². The molecule has 3 atom stereocenters. The third-order valence-electron chi connectivity index (χ3n) is 7.73. The number of benzene rings is 5. The van der Waals surface area contributed by atoms with Crippen LogP contribution in [-0.4, -0.2) is 0 Å². The van der Waals surface area contributed by atoms with Crippen molar-refractivity contribution in [1.82, 2.24) is 0 Å². The molecule has 1 saturated carbocycles. The first-order valence-electron chi connectivity index (χ1n) is 21.9. The van der Waals surface area contributed by atoms with E-state index in [0.29, 0.717) is 16.5 Å². The van der Waals surface area contributed by atoms with E-state index in [-0.39, 0.29) is 16.5 Å². The molecule has 0 nitrogen and oxygen atoms in total. The highest BCUT2D eigenvalue weighted by atomic mass is 14.4. The van der Waals surface area contributed by atoms with E-state index in [1.807, 2.05) is 30.3 Å². The van der Waals surface area contributed by atoms with Crippen LogP contribution < -0.4 is 0 Å². The molecule has 0 spiro atoms. The zero-order valence-corrected chi connectivity index (χ0v) is 21.5. The van der Waals surface area contributed by atoms with Crippen LogP contribution in [0.3, 0.4) is 0 Å². The maximum absolute atomic E-state index is 10.3. The van der Waals surface area contributed by atoms with Crippen molar-refractivity contribution in [2.45, 2.75) is 51.0 Å². The van der Waals surface area contributed by atoms with E-state index in [9.17, 15) is 17.8 Å². The monoisotopic (exact) mass is 533 g/mol. The minimum atomic E-state index is -4.06. The van der Waals surface area contributed by atoms with Gasteiger partial charge in [-0.1, -0.05) is 121 Å². The van der Waals surface area contributed by atoms with Crippen LogP contribution >= 0.6 is 0 Å². The first-order chi connectivity index (χ1) is 26.3. The van der Waals surface area contributed by atoms with Gasteiger partial charge in [-0.3, -0.25) is 0 Å². The Morgan fingerprint density at radius 2 is 1.15 bits per heavy atom. The fraction of sp³-hybridized carbons (Fsp3) is 0.250. The van der Waals surface area contributed by atoms with Crippen LogP contribution in [0.15, 0.2) is 120 Å². The number of hydrogen-bond acceptors (Lipinski definition) is 0.